The first-order valence-electron chi connectivity index (χ1n) is 9.64. The summed E-state index contributed by atoms with van der Waals surface area (Å²) in [5.74, 6) is 2.57. The standard InChI is InChI=1S/C12H13NO.C11H9NO2/c1-8-5-9-6-13-10-3-2-4-11(12(9)10)14-7-8;13-8-4-7-5-12-9-2-1-3-10(11(7)9)14-6-8/h2-4,6,8,13H,5,7H2,1H3;1-3,5,12H,4,6H2. The van der Waals surface area contributed by atoms with Gasteiger partial charge < -0.3 is 19.4 Å². The Bertz CT molecular complexity index is 1170. The number of carbonyl (C=O) groups excluding carboxylic acids is 1. The first-order valence-corrected chi connectivity index (χ1v) is 9.64. The molecule has 6 rings (SSSR count). The normalized spacial score (nSPS) is 17.9. The maximum absolute atomic E-state index is 11.4. The highest BCUT2D eigenvalue weighted by Gasteiger charge is 2.18. The number of Topliss-reactive ketones (excluding diaryl/α,β-unsaturated/α-hetero) is 1. The van der Waals surface area contributed by atoms with Gasteiger partial charge in [0.15, 0.2) is 5.78 Å². The van der Waals surface area contributed by atoms with E-state index in [0.717, 1.165) is 41.0 Å². The summed E-state index contributed by atoms with van der Waals surface area (Å²) in [6, 6.07) is 12.0. The van der Waals surface area contributed by atoms with E-state index < -0.39 is 0 Å². The van der Waals surface area contributed by atoms with Gasteiger partial charge in [-0.15, -0.1) is 0 Å². The van der Waals surface area contributed by atoms with Crippen LogP contribution in [0.5, 0.6) is 11.5 Å². The molecule has 0 radical (unpaired) electrons. The van der Waals surface area contributed by atoms with Gasteiger partial charge in [0.2, 0.25) is 0 Å². The molecule has 4 heterocycles. The number of benzene rings is 2. The van der Waals surface area contributed by atoms with E-state index in [-0.39, 0.29) is 12.4 Å². The van der Waals surface area contributed by atoms with Crippen LogP contribution < -0.4 is 9.47 Å². The molecule has 0 fully saturated rings. The summed E-state index contributed by atoms with van der Waals surface area (Å²) in [5.41, 5.74) is 4.65. The SMILES string of the molecule is CC1COc2cccc3[nH]cc(c23)C1.O=C1COc2cccc3[nH]cc(c23)C1. The van der Waals surface area contributed by atoms with Gasteiger partial charge in [0.1, 0.15) is 18.1 Å². The minimum absolute atomic E-state index is 0.127. The van der Waals surface area contributed by atoms with E-state index in [0.29, 0.717) is 12.3 Å². The highest BCUT2D eigenvalue weighted by atomic mass is 16.5. The molecule has 142 valence electrons. The summed E-state index contributed by atoms with van der Waals surface area (Å²) < 4.78 is 11.2. The summed E-state index contributed by atoms with van der Waals surface area (Å²) in [5, 5.41) is 2.33. The van der Waals surface area contributed by atoms with Crippen molar-refractivity contribution < 1.29 is 14.3 Å². The minimum atomic E-state index is 0.127. The lowest BCUT2D eigenvalue weighted by atomic mass is 10.0. The maximum atomic E-state index is 11.4. The second-order valence-electron chi connectivity index (χ2n) is 7.61. The number of hydrogen-bond acceptors (Lipinski definition) is 3. The highest BCUT2D eigenvalue weighted by Crippen LogP contribution is 2.33. The second kappa shape index (κ2) is 6.75. The summed E-state index contributed by atoms with van der Waals surface area (Å²) in [6.45, 7) is 3.24. The van der Waals surface area contributed by atoms with Crippen molar-refractivity contribution in [1.82, 2.24) is 9.97 Å². The van der Waals surface area contributed by atoms with Gasteiger partial charge in [-0.25, -0.2) is 0 Å². The van der Waals surface area contributed by atoms with Crippen LogP contribution in [0.3, 0.4) is 0 Å². The molecule has 0 amide bonds. The Kier molecular flexibility index (Phi) is 4.08. The lowest BCUT2D eigenvalue weighted by Crippen LogP contribution is -2.10. The first-order chi connectivity index (χ1) is 13.7. The third-order valence-electron chi connectivity index (χ3n) is 5.37. The van der Waals surface area contributed by atoms with Crippen LogP contribution in [0.1, 0.15) is 18.1 Å². The molecule has 28 heavy (non-hydrogen) atoms. The Labute approximate surface area is 162 Å². The molecule has 2 N–H and O–H groups in total. The molecular formula is C23H22N2O3. The van der Waals surface area contributed by atoms with Gasteiger partial charge in [-0.1, -0.05) is 19.1 Å². The van der Waals surface area contributed by atoms with E-state index in [2.05, 4.69) is 35.2 Å². The number of rotatable bonds is 0. The Morgan fingerprint density at radius 3 is 2.29 bits per heavy atom. The van der Waals surface area contributed by atoms with Crippen molar-refractivity contribution in [3.63, 3.8) is 0 Å². The van der Waals surface area contributed by atoms with E-state index >= 15 is 0 Å². The fraction of sp³-hybridized carbons (Fsp3) is 0.261. The van der Waals surface area contributed by atoms with E-state index in [4.69, 9.17) is 9.47 Å². The number of carbonyl (C=O) groups is 1. The van der Waals surface area contributed by atoms with Crippen molar-refractivity contribution >= 4 is 27.6 Å². The predicted octanol–water partition coefficient (Wildman–Crippen LogP) is 4.41. The number of ketones is 1. The predicted molar refractivity (Wildman–Crippen MR) is 109 cm³/mol. The van der Waals surface area contributed by atoms with Gasteiger partial charge in [-0.05, 0) is 47.7 Å². The molecule has 4 aromatic rings. The Morgan fingerprint density at radius 2 is 1.54 bits per heavy atom. The molecule has 5 nitrogen and oxygen atoms in total. The molecule has 2 aromatic carbocycles. The summed E-state index contributed by atoms with van der Waals surface area (Å²) in [4.78, 5) is 17.8. The van der Waals surface area contributed by atoms with Gasteiger partial charge in [0.05, 0.1) is 6.61 Å². The van der Waals surface area contributed by atoms with Crippen LogP contribution in [-0.4, -0.2) is 29.0 Å². The summed E-state index contributed by atoms with van der Waals surface area (Å²) >= 11 is 0. The number of nitrogens with one attached hydrogen (secondary N) is 2. The van der Waals surface area contributed by atoms with Crippen LogP contribution in [0.15, 0.2) is 48.8 Å². The summed E-state index contributed by atoms with van der Waals surface area (Å²) in [6.07, 6.45) is 5.58. The van der Waals surface area contributed by atoms with Crippen LogP contribution >= 0.6 is 0 Å². The molecule has 1 atom stereocenters. The lowest BCUT2D eigenvalue weighted by Gasteiger charge is -2.07. The van der Waals surface area contributed by atoms with E-state index in [9.17, 15) is 4.79 Å². The fourth-order valence-corrected chi connectivity index (χ4v) is 4.07. The van der Waals surface area contributed by atoms with Crippen LogP contribution in [-0.2, 0) is 17.6 Å². The molecule has 0 saturated carbocycles. The zero-order valence-corrected chi connectivity index (χ0v) is 15.7. The van der Waals surface area contributed by atoms with Crippen molar-refractivity contribution in [3.05, 3.63) is 59.9 Å². The Morgan fingerprint density at radius 1 is 0.893 bits per heavy atom. The maximum Gasteiger partial charge on any atom is 0.174 e. The van der Waals surface area contributed by atoms with E-state index in [1.54, 1.807) is 0 Å². The minimum Gasteiger partial charge on any atom is -0.493 e. The first kappa shape index (κ1) is 16.9. The van der Waals surface area contributed by atoms with E-state index in [1.165, 1.54) is 16.5 Å². The van der Waals surface area contributed by atoms with Crippen molar-refractivity contribution in [2.24, 2.45) is 5.92 Å². The number of aromatic amines is 2. The molecule has 0 bridgehead atoms. The Balaban J connectivity index is 0.000000122. The number of H-pyrrole nitrogens is 2. The topological polar surface area (TPSA) is 67.1 Å². The Hall–Kier alpha value is -3.21. The third-order valence-corrected chi connectivity index (χ3v) is 5.37. The molecule has 0 saturated heterocycles. The highest BCUT2D eigenvalue weighted by molar-refractivity contribution is 5.95. The molecular weight excluding hydrogens is 352 g/mol. The number of ether oxygens (including phenoxy) is 2. The smallest absolute Gasteiger partial charge is 0.174 e. The average Bonchev–Trinajstić information content (AvgIpc) is 3.20. The van der Waals surface area contributed by atoms with Gasteiger partial charge in [0.25, 0.3) is 0 Å². The van der Waals surface area contributed by atoms with Crippen LogP contribution in [0.4, 0.5) is 0 Å². The molecule has 1 unspecified atom stereocenters. The van der Waals surface area contributed by atoms with Crippen molar-refractivity contribution in [1.29, 1.82) is 0 Å². The zero-order valence-electron chi connectivity index (χ0n) is 15.7. The van der Waals surface area contributed by atoms with Crippen LogP contribution in [0.25, 0.3) is 21.8 Å². The van der Waals surface area contributed by atoms with Gasteiger partial charge in [-0.2, -0.15) is 0 Å². The van der Waals surface area contributed by atoms with E-state index in [1.807, 2.05) is 30.5 Å². The molecule has 5 heteroatoms. The fourth-order valence-electron chi connectivity index (χ4n) is 4.07. The van der Waals surface area contributed by atoms with Crippen LogP contribution in [0.2, 0.25) is 0 Å². The zero-order chi connectivity index (χ0) is 19.1. The molecule has 0 spiro atoms. The van der Waals surface area contributed by atoms with Gasteiger partial charge >= 0.3 is 0 Å². The van der Waals surface area contributed by atoms with Crippen LogP contribution in [0, 0.1) is 5.92 Å². The molecule has 2 aliphatic rings. The van der Waals surface area contributed by atoms with Crippen molar-refractivity contribution in [2.45, 2.75) is 19.8 Å². The summed E-state index contributed by atoms with van der Waals surface area (Å²) in [7, 11) is 0. The average molecular weight is 374 g/mol. The van der Waals surface area contributed by atoms with Gasteiger partial charge in [0, 0.05) is 40.6 Å². The van der Waals surface area contributed by atoms with Crippen molar-refractivity contribution in [3.8, 4) is 11.5 Å². The number of aromatic nitrogens is 2. The monoisotopic (exact) mass is 374 g/mol. The molecule has 2 aliphatic heterocycles. The van der Waals surface area contributed by atoms with Gasteiger partial charge in [-0.3, -0.25) is 4.79 Å². The second-order valence-corrected chi connectivity index (χ2v) is 7.61. The quantitative estimate of drug-likeness (QED) is 0.479. The third kappa shape index (κ3) is 2.93. The molecule has 0 aliphatic carbocycles. The number of hydrogen-bond donors (Lipinski definition) is 2. The lowest BCUT2D eigenvalue weighted by molar-refractivity contribution is -0.120. The van der Waals surface area contributed by atoms with Crippen molar-refractivity contribution in [2.75, 3.05) is 13.2 Å². The largest absolute Gasteiger partial charge is 0.493 e. The molecule has 2 aromatic heterocycles.